The molecule has 0 spiro atoms. The van der Waals surface area contributed by atoms with Crippen molar-refractivity contribution in [3.05, 3.63) is 52.0 Å². The first kappa shape index (κ1) is 13.3. The van der Waals surface area contributed by atoms with Crippen LogP contribution in [0.5, 0.6) is 5.75 Å². The third kappa shape index (κ3) is 3.93. The monoisotopic (exact) mass is 275 g/mol. The van der Waals surface area contributed by atoms with Crippen LogP contribution in [-0.2, 0) is 11.4 Å². The zero-order valence-corrected chi connectivity index (χ0v) is 11.2. The molecule has 2 heterocycles. The van der Waals surface area contributed by atoms with Gasteiger partial charge in [0.05, 0.1) is 0 Å². The molecule has 0 aliphatic rings. The van der Waals surface area contributed by atoms with E-state index in [2.05, 4.69) is 4.98 Å². The fourth-order valence-electron chi connectivity index (χ4n) is 1.50. The Kier molecular flexibility index (Phi) is 4.30. The van der Waals surface area contributed by atoms with Gasteiger partial charge in [0.25, 0.3) is 0 Å². The van der Waals surface area contributed by atoms with E-state index in [4.69, 9.17) is 9.84 Å². The van der Waals surface area contributed by atoms with Gasteiger partial charge in [0.2, 0.25) is 0 Å². The van der Waals surface area contributed by atoms with E-state index in [1.807, 2.05) is 30.5 Å². The molecule has 4 nitrogen and oxygen atoms in total. The summed E-state index contributed by atoms with van der Waals surface area (Å²) in [6.07, 6.45) is 2.50. The Morgan fingerprint density at radius 3 is 3.00 bits per heavy atom. The van der Waals surface area contributed by atoms with Gasteiger partial charge in [0.1, 0.15) is 18.1 Å². The Labute approximate surface area is 115 Å². The second kappa shape index (κ2) is 6.15. The number of carbonyl (C=O) groups is 1. The number of carboxylic acid groups (broad SMARTS) is 1. The smallest absolute Gasteiger partial charge is 0.328 e. The molecule has 2 aromatic heterocycles. The van der Waals surface area contributed by atoms with Crippen molar-refractivity contribution in [1.29, 1.82) is 0 Å². The van der Waals surface area contributed by atoms with Crippen molar-refractivity contribution in [1.82, 2.24) is 4.98 Å². The number of aryl methyl sites for hydroxylation is 1. The molecule has 5 heteroatoms. The van der Waals surface area contributed by atoms with Gasteiger partial charge in [0, 0.05) is 16.6 Å². The van der Waals surface area contributed by atoms with Gasteiger partial charge in [-0.2, -0.15) is 0 Å². The fourth-order valence-corrected chi connectivity index (χ4v) is 2.12. The van der Waals surface area contributed by atoms with Crippen LogP contribution in [0.2, 0.25) is 0 Å². The number of hydrogen-bond acceptors (Lipinski definition) is 4. The maximum absolute atomic E-state index is 10.6. The lowest BCUT2D eigenvalue weighted by Crippen LogP contribution is -1.98. The summed E-state index contributed by atoms with van der Waals surface area (Å²) in [6.45, 7) is 2.30. The number of aliphatic carboxylic acids is 1. The van der Waals surface area contributed by atoms with E-state index in [-0.39, 0.29) is 0 Å². The molecule has 0 fully saturated rings. The molecule has 0 amide bonds. The molecule has 0 saturated heterocycles. The minimum Gasteiger partial charge on any atom is -0.486 e. The number of ether oxygens (including phenoxy) is 1. The highest BCUT2D eigenvalue weighted by Gasteiger charge is 2.04. The molecule has 2 aromatic rings. The molecule has 0 radical (unpaired) electrons. The van der Waals surface area contributed by atoms with Crippen LogP contribution in [0.15, 0.2) is 35.7 Å². The van der Waals surface area contributed by atoms with Crippen LogP contribution >= 0.6 is 11.3 Å². The molecule has 98 valence electrons. The third-order valence-corrected chi connectivity index (χ3v) is 3.21. The Balaban J connectivity index is 2.16. The molecule has 19 heavy (non-hydrogen) atoms. The first-order valence-electron chi connectivity index (χ1n) is 5.69. The highest BCUT2D eigenvalue weighted by atomic mass is 32.1. The lowest BCUT2D eigenvalue weighted by molar-refractivity contribution is -0.131. The predicted octanol–water partition coefficient (Wildman–Crippen LogP) is 3.13. The third-order valence-electron chi connectivity index (χ3n) is 2.36. The zero-order valence-electron chi connectivity index (χ0n) is 10.4. The van der Waals surface area contributed by atoms with Gasteiger partial charge in [-0.25, -0.2) is 9.78 Å². The van der Waals surface area contributed by atoms with E-state index in [0.717, 1.165) is 16.6 Å². The summed E-state index contributed by atoms with van der Waals surface area (Å²) >= 11 is 1.61. The van der Waals surface area contributed by atoms with Crippen LogP contribution in [-0.4, -0.2) is 16.1 Å². The van der Waals surface area contributed by atoms with Gasteiger partial charge in [-0.1, -0.05) is 6.07 Å². The summed E-state index contributed by atoms with van der Waals surface area (Å²) < 4.78 is 5.67. The number of nitrogens with zero attached hydrogens (tertiary/aromatic N) is 1. The molecular weight excluding hydrogens is 262 g/mol. The summed E-state index contributed by atoms with van der Waals surface area (Å²) in [5, 5.41) is 10.6. The van der Waals surface area contributed by atoms with Gasteiger partial charge >= 0.3 is 5.97 Å². The number of aromatic nitrogens is 1. The van der Waals surface area contributed by atoms with Crippen molar-refractivity contribution in [2.45, 2.75) is 13.5 Å². The Bertz CT molecular complexity index is 591. The van der Waals surface area contributed by atoms with Gasteiger partial charge in [0.15, 0.2) is 0 Å². The van der Waals surface area contributed by atoms with Crippen molar-refractivity contribution >= 4 is 23.4 Å². The lowest BCUT2D eigenvalue weighted by Gasteiger charge is -2.08. The maximum Gasteiger partial charge on any atom is 0.328 e. The minimum atomic E-state index is -1.01. The molecule has 0 unspecified atom stereocenters. The summed E-state index contributed by atoms with van der Waals surface area (Å²) in [4.78, 5) is 15.9. The summed E-state index contributed by atoms with van der Waals surface area (Å²) in [7, 11) is 0. The highest BCUT2D eigenvalue weighted by Crippen LogP contribution is 2.21. The molecule has 2 rings (SSSR count). The quantitative estimate of drug-likeness (QED) is 0.852. The van der Waals surface area contributed by atoms with E-state index in [1.165, 1.54) is 6.08 Å². The fraction of sp³-hybridized carbons (Fsp3) is 0.143. The van der Waals surface area contributed by atoms with Gasteiger partial charge in [-0.3, -0.25) is 0 Å². The Hall–Kier alpha value is -2.14. The van der Waals surface area contributed by atoms with Gasteiger partial charge in [-0.05, 0) is 36.6 Å². The first-order valence-corrected chi connectivity index (χ1v) is 6.57. The number of pyridine rings is 1. The van der Waals surface area contributed by atoms with Crippen molar-refractivity contribution < 1.29 is 14.6 Å². The number of hydrogen-bond donors (Lipinski definition) is 1. The molecule has 0 bridgehead atoms. The summed E-state index contributed by atoms with van der Waals surface area (Å²) in [6, 6.07) is 7.58. The van der Waals surface area contributed by atoms with Crippen LogP contribution in [0, 0.1) is 6.92 Å². The van der Waals surface area contributed by atoms with Crippen LogP contribution in [0.4, 0.5) is 0 Å². The molecule has 0 saturated carbocycles. The summed E-state index contributed by atoms with van der Waals surface area (Å²) in [5.41, 5.74) is 1.34. The standard InChI is InChI=1S/C14H13NO3S/c1-10-4-6-13(12(15-10)5-7-14(16)17)18-9-11-3-2-8-19-11/h2-8H,9H2,1H3,(H,16,17). The van der Waals surface area contributed by atoms with Crippen LogP contribution in [0.25, 0.3) is 6.08 Å². The maximum atomic E-state index is 10.6. The predicted molar refractivity (Wildman–Crippen MR) is 74.3 cm³/mol. The van der Waals surface area contributed by atoms with Crippen LogP contribution in [0.3, 0.4) is 0 Å². The number of rotatable bonds is 5. The minimum absolute atomic E-state index is 0.455. The van der Waals surface area contributed by atoms with E-state index in [9.17, 15) is 4.79 Å². The molecule has 0 aromatic carbocycles. The average molecular weight is 275 g/mol. The van der Waals surface area contributed by atoms with Crippen molar-refractivity contribution in [3.63, 3.8) is 0 Å². The van der Waals surface area contributed by atoms with E-state index in [0.29, 0.717) is 18.1 Å². The van der Waals surface area contributed by atoms with Crippen LogP contribution < -0.4 is 4.74 Å². The largest absolute Gasteiger partial charge is 0.486 e. The highest BCUT2D eigenvalue weighted by molar-refractivity contribution is 7.09. The lowest BCUT2D eigenvalue weighted by atomic mass is 10.2. The normalized spacial score (nSPS) is 10.8. The Morgan fingerprint density at radius 1 is 1.47 bits per heavy atom. The second-order valence-electron chi connectivity index (χ2n) is 3.88. The first-order chi connectivity index (χ1) is 9.15. The SMILES string of the molecule is Cc1ccc(OCc2cccs2)c(C=CC(=O)O)n1. The molecule has 0 aliphatic carbocycles. The van der Waals surface area contributed by atoms with Crippen LogP contribution in [0.1, 0.15) is 16.3 Å². The van der Waals surface area contributed by atoms with Crippen molar-refractivity contribution in [3.8, 4) is 5.75 Å². The molecule has 0 atom stereocenters. The number of thiophene rings is 1. The second-order valence-corrected chi connectivity index (χ2v) is 4.91. The van der Waals surface area contributed by atoms with Gasteiger partial charge in [-0.15, -0.1) is 11.3 Å². The van der Waals surface area contributed by atoms with Crippen molar-refractivity contribution in [2.24, 2.45) is 0 Å². The average Bonchev–Trinajstić information content (AvgIpc) is 2.88. The zero-order chi connectivity index (χ0) is 13.7. The van der Waals surface area contributed by atoms with Crippen molar-refractivity contribution in [2.75, 3.05) is 0 Å². The van der Waals surface area contributed by atoms with E-state index in [1.54, 1.807) is 17.4 Å². The molecule has 0 aliphatic heterocycles. The topological polar surface area (TPSA) is 59.4 Å². The number of carboxylic acids is 1. The Morgan fingerprint density at radius 2 is 2.32 bits per heavy atom. The molecular formula is C14H13NO3S. The van der Waals surface area contributed by atoms with Gasteiger partial charge < -0.3 is 9.84 Å². The molecule has 1 N–H and O–H groups in total. The van der Waals surface area contributed by atoms with E-state index < -0.39 is 5.97 Å². The van der Waals surface area contributed by atoms with E-state index >= 15 is 0 Å². The summed E-state index contributed by atoms with van der Waals surface area (Å²) in [5.74, 6) is -0.427.